The molecule has 0 atom stereocenters. The molecule has 1 aromatic carbocycles. The van der Waals surface area contributed by atoms with E-state index in [1.165, 1.54) is 22.1 Å². The Kier molecular flexibility index (Phi) is 3.01. The standard InChI is InChI=1S/C12H13NS.ClH/c1-8-2-3-11-9(6-8)10-7-13-5-4-12(10)14-11;/h2-3,6,13H,4-5,7H2,1H3;1H. The molecule has 0 amide bonds. The van der Waals surface area contributed by atoms with Crippen molar-refractivity contribution in [2.45, 2.75) is 19.9 Å². The molecule has 0 radical (unpaired) electrons. The van der Waals surface area contributed by atoms with Gasteiger partial charge in [-0.1, -0.05) is 17.7 Å². The SMILES string of the molecule is Cc1ccc2sc3c(c2c1)CNCC3.Cl. The van der Waals surface area contributed by atoms with Crippen LogP contribution in [-0.2, 0) is 13.0 Å². The van der Waals surface area contributed by atoms with Gasteiger partial charge in [0.1, 0.15) is 0 Å². The molecule has 1 aliphatic rings. The molecule has 0 spiro atoms. The van der Waals surface area contributed by atoms with Gasteiger partial charge in [0.25, 0.3) is 0 Å². The van der Waals surface area contributed by atoms with Gasteiger partial charge in [0.2, 0.25) is 0 Å². The van der Waals surface area contributed by atoms with Crippen molar-refractivity contribution in [3.05, 3.63) is 34.2 Å². The number of thiophene rings is 1. The minimum absolute atomic E-state index is 0. The van der Waals surface area contributed by atoms with E-state index in [-0.39, 0.29) is 12.4 Å². The number of halogens is 1. The highest BCUT2D eigenvalue weighted by atomic mass is 35.5. The van der Waals surface area contributed by atoms with Crippen molar-refractivity contribution >= 4 is 33.8 Å². The summed E-state index contributed by atoms with van der Waals surface area (Å²) in [6, 6.07) is 6.78. The maximum atomic E-state index is 3.45. The van der Waals surface area contributed by atoms with E-state index >= 15 is 0 Å². The number of nitrogens with one attached hydrogen (secondary N) is 1. The third kappa shape index (κ3) is 1.78. The number of rotatable bonds is 0. The topological polar surface area (TPSA) is 12.0 Å². The second-order valence-electron chi connectivity index (χ2n) is 3.93. The van der Waals surface area contributed by atoms with Crippen LogP contribution in [0.4, 0.5) is 0 Å². The van der Waals surface area contributed by atoms with Crippen molar-refractivity contribution in [2.24, 2.45) is 0 Å². The highest BCUT2D eigenvalue weighted by molar-refractivity contribution is 7.19. The lowest BCUT2D eigenvalue weighted by Crippen LogP contribution is -2.21. The van der Waals surface area contributed by atoms with Crippen LogP contribution < -0.4 is 5.32 Å². The Labute approximate surface area is 99.9 Å². The minimum atomic E-state index is 0. The van der Waals surface area contributed by atoms with Crippen molar-refractivity contribution in [2.75, 3.05) is 6.54 Å². The molecule has 0 aliphatic carbocycles. The molecule has 0 bridgehead atoms. The monoisotopic (exact) mass is 239 g/mol. The molecule has 1 nitrogen and oxygen atoms in total. The summed E-state index contributed by atoms with van der Waals surface area (Å²) in [5, 5.41) is 4.91. The van der Waals surface area contributed by atoms with Crippen LogP contribution in [-0.4, -0.2) is 6.54 Å². The lowest BCUT2D eigenvalue weighted by atomic mass is 10.1. The predicted octanol–water partition coefficient (Wildman–Crippen LogP) is 3.28. The molecule has 80 valence electrons. The summed E-state index contributed by atoms with van der Waals surface area (Å²) >= 11 is 1.97. The zero-order valence-electron chi connectivity index (χ0n) is 8.67. The third-order valence-electron chi connectivity index (χ3n) is 2.86. The normalized spacial score (nSPS) is 14.7. The summed E-state index contributed by atoms with van der Waals surface area (Å²) in [6.07, 6.45) is 1.20. The quantitative estimate of drug-likeness (QED) is 0.744. The summed E-state index contributed by atoms with van der Waals surface area (Å²) in [5.74, 6) is 0. The first-order valence-corrected chi connectivity index (χ1v) is 5.88. The van der Waals surface area contributed by atoms with Crippen molar-refractivity contribution in [1.29, 1.82) is 0 Å². The van der Waals surface area contributed by atoms with Crippen LogP contribution in [0.2, 0.25) is 0 Å². The minimum Gasteiger partial charge on any atom is -0.312 e. The van der Waals surface area contributed by atoms with Crippen LogP contribution in [0.15, 0.2) is 18.2 Å². The van der Waals surface area contributed by atoms with E-state index in [0.717, 1.165) is 13.1 Å². The van der Waals surface area contributed by atoms with Gasteiger partial charge in [0.15, 0.2) is 0 Å². The summed E-state index contributed by atoms with van der Waals surface area (Å²) in [5.41, 5.74) is 2.91. The van der Waals surface area contributed by atoms with Crippen LogP contribution in [0.25, 0.3) is 10.1 Å². The highest BCUT2D eigenvalue weighted by Gasteiger charge is 2.14. The molecule has 1 aliphatic heterocycles. The molecular weight excluding hydrogens is 226 g/mol. The maximum absolute atomic E-state index is 3.45. The number of hydrogen-bond donors (Lipinski definition) is 1. The Morgan fingerprint density at radius 1 is 1.33 bits per heavy atom. The number of aryl methyl sites for hydroxylation is 1. The summed E-state index contributed by atoms with van der Waals surface area (Å²) in [6.45, 7) is 4.36. The zero-order chi connectivity index (χ0) is 9.54. The van der Waals surface area contributed by atoms with Crippen LogP contribution in [0, 0.1) is 6.92 Å². The molecule has 0 fully saturated rings. The fourth-order valence-electron chi connectivity index (χ4n) is 2.12. The Hall–Kier alpha value is -0.570. The number of fused-ring (bicyclic) bond motifs is 3. The van der Waals surface area contributed by atoms with E-state index in [0.29, 0.717) is 0 Å². The van der Waals surface area contributed by atoms with Gasteiger partial charge in [-0.2, -0.15) is 0 Å². The zero-order valence-corrected chi connectivity index (χ0v) is 10.3. The molecule has 15 heavy (non-hydrogen) atoms. The van der Waals surface area contributed by atoms with Gasteiger partial charge >= 0.3 is 0 Å². The van der Waals surface area contributed by atoms with E-state index in [2.05, 4.69) is 30.4 Å². The Morgan fingerprint density at radius 3 is 3.07 bits per heavy atom. The molecule has 0 saturated carbocycles. The first-order valence-electron chi connectivity index (χ1n) is 5.06. The van der Waals surface area contributed by atoms with Crippen molar-refractivity contribution in [1.82, 2.24) is 5.32 Å². The largest absolute Gasteiger partial charge is 0.312 e. The van der Waals surface area contributed by atoms with Gasteiger partial charge in [0.05, 0.1) is 0 Å². The van der Waals surface area contributed by atoms with Gasteiger partial charge < -0.3 is 5.32 Å². The predicted molar refractivity (Wildman–Crippen MR) is 69.2 cm³/mol. The molecular formula is C12H14ClNS. The smallest absolute Gasteiger partial charge is 0.0349 e. The Balaban J connectivity index is 0.000000853. The van der Waals surface area contributed by atoms with Crippen LogP contribution in [0.1, 0.15) is 16.0 Å². The van der Waals surface area contributed by atoms with Crippen LogP contribution in [0.5, 0.6) is 0 Å². The second-order valence-corrected chi connectivity index (χ2v) is 5.07. The first-order chi connectivity index (χ1) is 6.84. The van der Waals surface area contributed by atoms with E-state index < -0.39 is 0 Å². The van der Waals surface area contributed by atoms with Gasteiger partial charge in [0, 0.05) is 22.7 Å². The van der Waals surface area contributed by atoms with E-state index in [1.807, 2.05) is 11.3 Å². The number of benzene rings is 1. The summed E-state index contributed by atoms with van der Waals surface area (Å²) < 4.78 is 1.45. The van der Waals surface area contributed by atoms with Crippen LogP contribution >= 0.6 is 23.7 Å². The average molecular weight is 240 g/mol. The molecule has 1 N–H and O–H groups in total. The van der Waals surface area contributed by atoms with Gasteiger partial charge in [-0.15, -0.1) is 23.7 Å². The summed E-state index contributed by atoms with van der Waals surface area (Å²) in [7, 11) is 0. The number of hydrogen-bond acceptors (Lipinski definition) is 2. The average Bonchev–Trinajstić information content (AvgIpc) is 2.56. The van der Waals surface area contributed by atoms with Crippen LogP contribution in [0.3, 0.4) is 0 Å². The van der Waals surface area contributed by atoms with E-state index in [9.17, 15) is 0 Å². The first kappa shape index (κ1) is 10.9. The molecule has 1 aromatic heterocycles. The van der Waals surface area contributed by atoms with Crippen molar-refractivity contribution < 1.29 is 0 Å². The Bertz CT molecular complexity index is 490. The molecule has 0 saturated heterocycles. The van der Waals surface area contributed by atoms with Gasteiger partial charge in [-0.3, -0.25) is 0 Å². The molecule has 3 rings (SSSR count). The lowest BCUT2D eigenvalue weighted by molar-refractivity contribution is 0.656. The Morgan fingerprint density at radius 2 is 2.20 bits per heavy atom. The molecule has 0 unspecified atom stereocenters. The van der Waals surface area contributed by atoms with E-state index in [4.69, 9.17) is 0 Å². The maximum Gasteiger partial charge on any atom is 0.0349 e. The van der Waals surface area contributed by atoms with E-state index in [1.54, 1.807) is 10.4 Å². The molecule has 2 heterocycles. The fourth-order valence-corrected chi connectivity index (χ4v) is 3.33. The highest BCUT2D eigenvalue weighted by Crippen LogP contribution is 2.33. The second kappa shape index (κ2) is 4.12. The lowest BCUT2D eigenvalue weighted by Gasteiger charge is -2.12. The summed E-state index contributed by atoms with van der Waals surface area (Å²) in [4.78, 5) is 1.59. The fraction of sp³-hybridized carbons (Fsp3) is 0.333. The third-order valence-corrected chi connectivity index (χ3v) is 4.13. The molecule has 2 aromatic rings. The van der Waals surface area contributed by atoms with Crippen molar-refractivity contribution in [3.8, 4) is 0 Å². The van der Waals surface area contributed by atoms with Gasteiger partial charge in [-0.25, -0.2) is 0 Å². The molecule has 3 heteroatoms. The van der Waals surface area contributed by atoms with Gasteiger partial charge in [-0.05, 0) is 30.4 Å². The van der Waals surface area contributed by atoms with Crippen molar-refractivity contribution in [3.63, 3.8) is 0 Å².